The van der Waals surface area contributed by atoms with E-state index in [2.05, 4.69) is 18.9 Å². The zero-order valence-corrected chi connectivity index (χ0v) is 11.8. The standard InChI is InChI=1S/C15H21N3O/c1-4-9-19-12-8-6-7-11(10-12)14-13(5-2)15(16)18(3)17-14/h6-8,10H,4-5,9,16H2,1-3H3. The van der Waals surface area contributed by atoms with Crippen molar-refractivity contribution in [2.45, 2.75) is 26.7 Å². The second-order valence-corrected chi connectivity index (χ2v) is 4.57. The molecule has 0 unspecified atom stereocenters. The first-order valence-electron chi connectivity index (χ1n) is 6.72. The van der Waals surface area contributed by atoms with Crippen LogP contribution in [0.5, 0.6) is 5.75 Å². The van der Waals surface area contributed by atoms with E-state index in [1.807, 2.05) is 31.3 Å². The molecule has 0 amide bonds. The van der Waals surface area contributed by atoms with Crippen LogP contribution < -0.4 is 10.5 Å². The topological polar surface area (TPSA) is 53.1 Å². The van der Waals surface area contributed by atoms with Crippen molar-refractivity contribution in [3.63, 3.8) is 0 Å². The number of ether oxygens (including phenoxy) is 1. The average Bonchev–Trinajstić information content (AvgIpc) is 2.72. The molecule has 4 heteroatoms. The molecule has 0 aliphatic carbocycles. The summed E-state index contributed by atoms with van der Waals surface area (Å²) in [7, 11) is 1.87. The minimum atomic E-state index is 0.731. The number of benzene rings is 1. The summed E-state index contributed by atoms with van der Waals surface area (Å²) < 4.78 is 7.39. The normalized spacial score (nSPS) is 10.7. The monoisotopic (exact) mass is 259 g/mol. The van der Waals surface area contributed by atoms with Gasteiger partial charge in [0, 0.05) is 18.2 Å². The largest absolute Gasteiger partial charge is 0.494 e. The van der Waals surface area contributed by atoms with Crippen LogP contribution in [-0.2, 0) is 13.5 Å². The number of nitrogens with zero attached hydrogens (tertiary/aromatic N) is 2. The van der Waals surface area contributed by atoms with E-state index in [9.17, 15) is 0 Å². The van der Waals surface area contributed by atoms with Gasteiger partial charge in [0.25, 0.3) is 0 Å². The molecule has 1 heterocycles. The fraction of sp³-hybridized carbons (Fsp3) is 0.400. The maximum absolute atomic E-state index is 6.04. The van der Waals surface area contributed by atoms with E-state index in [1.54, 1.807) is 4.68 Å². The van der Waals surface area contributed by atoms with Crippen LogP contribution in [0.1, 0.15) is 25.8 Å². The number of rotatable bonds is 5. The molecule has 1 aromatic carbocycles. The number of aromatic nitrogens is 2. The molecule has 0 spiro atoms. The zero-order chi connectivity index (χ0) is 13.8. The van der Waals surface area contributed by atoms with Gasteiger partial charge < -0.3 is 10.5 Å². The first-order chi connectivity index (χ1) is 9.17. The van der Waals surface area contributed by atoms with E-state index < -0.39 is 0 Å². The lowest BCUT2D eigenvalue weighted by Gasteiger charge is -2.06. The molecule has 4 nitrogen and oxygen atoms in total. The molecule has 0 aliphatic heterocycles. The maximum Gasteiger partial charge on any atom is 0.125 e. The van der Waals surface area contributed by atoms with Crippen molar-refractivity contribution in [2.24, 2.45) is 7.05 Å². The number of hydrogen-bond donors (Lipinski definition) is 1. The predicted molar refractivity (Wildman–Crippen MR) is 78.2 cm³/mol. The Labute approximate surface area is 114 Å². The third-order valence-corrected chi connectivity index (χ3v) is 3.13. The van der Waals surface area contributed by atoms with Crippen LogP contribution in [0, 0.1) is 0 Å². The summed E-state index contributed by atoms with van der Waals surface area (Å²) in [5.74, 6) is 1.61. The van der Waals surface area contributed by atoms with Gasteiger partial charge in [-0.3, -0.25) is 4.68 Å². The summed E-state index contributed by atoms with van der Waals surface area (Å²) in [6.07, 6.45) is 1.87. The molecule has 1 aromatic heterocycles. The Bertz CT molecular complexity index is 561. The summed E-state index contributed by atoms with van der Waals surface area (Å²) in [4.78, 5) is 0. The van der Waals surface area contributed by atoms with Crippen molar-refractivity contribution >= 4 is 5.82 Å². The second kappa shape index (κ2) is 5.78. The fourth-order valence-electron chi connectivity index (χ4n) is 2.11. The molecule has 0 saturated carbocycles. The molecule has 0 bridgehead atoms. The summed E-state index contributed by atoms with van der Waals surface area (Å²) in [6, 6.07) is 8.03. The molecule has 102 valence electrons. The van der Waals surface area contributed by atoms with Gasteiger partial charge in [0.15, 0.2) is 0 Å². The smallest absolute Gasteiger partial charge is 0.125 e. The van der Waals surface area contributed by atoms with Crippen LogP contribution in [0.15, 0.2) is 24.3 Å². The van der Waals surface area contributed by atoms with Gasteiger partial charge in [-0.05, 0) is 25.0 Å². The number of aryl methyl sites for hydroxylation is 1. The molecule has 2 rings (SSSR count). The summed E-state index contributed by atoms with van der Waals surface area (Å²) >= 11 is 0. The lowest BCUT2D eigenvalue weighted by molar-refractivity contribution is 0.317. The van der Waals surface area contributed by atoms with Crippen LogP contribution >= 0.6 is 0 Å². The zero-order valence-electron chi connectivity index (χ0n) is 11.8. The van der Waals surface area contributed by atoms with Crippen LogP contribution in [0.25, 0.3) is 11.3 Å². The highest BCUT2D eigenvalue weighted by Crippen LogP contribution is 2.29. The Morgan fingerprint density at radius 1 is 1.32 bits per heavy atom. The molecule has 0 radical (unpaired) electrons. The van der Waals surface area contributed by atoms with Crippen LogP contribution in [0.3, 0.4) is 0 Å². The molecule has 0 atom stereocenters. The van der Waals surface area contributed by atoms with Gasteiger partial charge in [-0.15, -0.1) is 0 Å². The second-order valence-electron chi connectivity index (χ2n) is 4.57. The first-order valence-corrected chi connectivity index (χ1v) is 6.72. The Kier molecular flexibility index (Phi) is 4.10. The average molecular weight is 259 g/mol. The number of anilines is 1. The van der Waals surface area contributed by atoms with Gasteiger partial charge >= 0.3 is 0 Å². The van der Waals surface area contributed by atoms with E-state index in [0.717, 1.165) is 47.8 Å². The van der Waals surface area contributed by atoms with E-state index in [4.69, 9.17) is 10.5 Å². The summed E-state index contributed by atoms with van der Waals surface area (Å²) in [5, 5.41) is 4.51. The van der Waals surface area contributed by atoms with Gasteiger partial charge in [-0.1, -0.05) is 26.0 Å². The molecule has 19 heavy (non-hydrogen) atoms. The number of nitrogens with two attached hydrogens (primary N) is 1. The highest BCUT2D eigenvalue weighted by Gasteiger charge is 2.14. The first kappa shape index (κ1) is 13.5. The molecule has 0 aliphatic rings. The lowest BCUT2D eigenvalue weighted by Crippen LogP contribution is -1.98. The lowest BCUT2D eigenvalue weighted by atomic mass is 10.1. The van der Waals surface area contributed by atoms with Gasteiger partial charge in [-0.2, -0.15) is 5.10 Å². The molecular formula is C15H21N3O. The third kappa shape index (κ3) is 2.72. The van der Waals surface area contributed by atoms with Crippen molar-refractivity contribution < 1.29 is 4.74 Å². The Hall–Kier alpha value is -1.97. The minimum absolute atomic E-state index is 0.731. The number of hydrogen-bond acceptors (Lipinski definition) is 3. The molecule has 0 saturated heterocycles. The van der Waals surface area contributed by atoms with E-state index in [1.165, 1.54) is 0 Å². The SMILES string of the molecule is CCCOc1cccc(-c2nn(C)c(N)c2CC)c1. The minimum Gasteiger partial charge on any atom is -0.494 e. The Balaban J connectivity index is 2.38. The Morgan fingerprint density at radius 3 is 2.79 bits per heavy atom. The van der Waals surface area contributed by atoms with Crippen LogP contribution in [-0.4, -0.2) is 16.4 Å². The maximum atomic E-state index is 6.04. The molecule has 2 aromatic rings. The van der Waals surface area contributed by atoms with Gasteiger partial charge in [-0.25, -0.2) is 0 Å². The Morgan fingerprint density at radius 2 is 2.11 bits per heavy atom. The van der Waals surface area contributed by atoms with Gasteiger partial charge in [0.2, 0.25) is 0 Å². The van der Waals surface area contributed by atoms with E-state index in [0.29, 0.717) is 0 Å². The van der Waals surface area contributed by atoms with Gasteiger partial charge in [0.05, 0.1) is 12.3 Å². The quantitative estimate of drug-likeness (QED) is 0.898. The van der Waals surface area contributed by atoms with E-state index in [-0.39, 0.29) is 0 Å². The van der Waals surface area contributed by atoms with Crippen molar-refractivity contribution in [2.75, 3.05) is 12.3 Å². The van der Waals surface area contributed by atoms with Crippen LogP contribution in [0.4, 0.5) is 5.82 Å². The van der Waals surface area contributed by atoms with Crippen molar-refractivity contribution in [1.82, 2.24) is 9.78 Å². The van der Waals surface area contributed by atoms with Crippen molar-refractivity contribution in [3.05, 3.63) is 29.8 Å². The molecule has 0 fully saturated rings. The summed E-state index contributed by atoms with van der Waals surface area (Å²) in [5.41, 5.74) is 9.13. The van der Waals surface area contributed by atoms with Gasteiger partial charge in [0.1, 0.15) is 11.6 Å². The molecular weight excluding hydrogens is 238 g/mol. The van der Waals surface area contributed by atoms with Crippen molar-refractivity contribution in [1.29, 1.82) is 0 Å². The highest BCUT2D eigenvalue weighted by atomic mass is 16.5. The fourth-order valence-corrected chi connectivity index (χ4v) is 2.11. The van der Waals surface area contributed by atoms with Crippen LogP contribution in [0.2, 0.25) is 0 Å². The predicted octanol–water partition coefficient (Wildman–Crippen LogP) is 3.02. The number of nitrogen functional groups attached to an aromatic ring is 1. The van der Waals surface area contributed by atoms with Crippen molar-refractivity contribution in [3.8, 4) is 17.0 Å². The molecule has 2 N–H and O–H groups in total. The third-order valence-electron chi connectivity index (χ3n) is 3.13. The summed E-state index contributed by atoms with van der Waals surface area (Å²) in [6.45, 7) is 4.92. The van der Waals surface area contributed by atoms with E-state index >= 15 is 0 Å². The highest BCUT2D eigenvalue weighted by molar-refractivity contribution is 5.69.